The largest absolute Gasteiger partial charge is 0.530 e. The van der Waals surface area contributed by atoms with Gasteiger partial charge in [-0.05, 0) is 30.0 Å². The van der Waals surface area contributed by atoms with Gasteiger partial charge in [0.25, 0.3) is 5.56 Å². The first-order valence-corrected chi connectivity index (χ1v) is 17.2. The van der Waals surface area contributed by atoms with Crippen molar-refractivity contribution >= 4 is 35.8 Å². The number of H-pyrrole nitrogens is 1. The number of unbranched alkanes of at least 4 members (excludes halogenated alkanes) is 7. The molecule has 4 atom stereocenters. The monoisotopic (exact) mass is 682 g/mol. The van der Waals surface area contributed by atoms with Crippen molar-refractivity contribution < 1.29 is 32.4 Å². The minimum atomic E-state index is -4.00. The summed E-state index contributed by atoms with van der Waals surface area (Å²) in [5.74, 6) is 0.0612. The van der Waals surface area contributed by atoms with Crippen LogP contribution in [0.15, 0.2) is 39.0 Å². The molecule has 4 rings (SSSR count). The Morgan fingerprint density at radius 2 is 1.91 bits per heavy atom. The highest BCUT2D eigenvalue weighted by atomic mass is 79.9. The van der Waals surface area contributed by atoms with Crippen molar-refractivity contribution in [2.45, 2.75) is 103 Å². The fourth-order valence-corrected chi connectivity index (χ4v) is 6.73. The third-order valence-electron chi connectivity index (χ3n) is 7.52. The average molecular weight is 684 g/mol. The van der Waals surface area contributed by atoms with Crippen LogP contribution in [0.25, 0.3) is 6.08 Å². The molecule has 0 aliphatic carbocycles. The smallest absolute Gasteiger partial charge is 0.459 e. The van der Waals surface area contributed by atoms with Crippen LogP contribution >= 0.6 is 23.8 Å². The first-order valence-electron chi connectivity index (χ1n) is 14.9. The Morgan fingerprint density at radius 3 is 2.65 bits per heavy atom. The molecule has 3 heterocycles. The molecule has 0 spiro atoms. The Morgan fingerprint density at radius 1 is 1.16 bits per heavy atom. The maximum atomic E-state index is 13.3. The predicted molar refractivity (Wildman–Crippen MR) is 165 cm³/mol. The van der Waals surface area contributed by atoms with Crippen molar-refractivity contribution in [3.63, 3.8) is 0 Å². The summed E-state index contributed by atoms with van der Waals surface area (Å²) >= 11 is 3.14. The van der Waals surface area contributed by atoms with E-state index in [1.54, 1.807) is 0 Å². The third kappa shape index (κ3) is 9.25. The summed E-state index contributed by atoms with van der Waals surface area (Å²) in [6.45, 7) is 3.80. The molecular weight excluding hydrogens is 643 g/mol. The number of hydrogen-bond acceptors (Lipinski definition) is 9. The standard InChI is InChI=1S/C30H40BrN2O9P/c1-3-4-5-6-7-8-9-10-14-27(34)41-24-17-26(33-18-22(15-16-31)29(35)32-30(33)36)40-25(24)20-39-43(37)38-19-23-13-11-12-21(2)28(23)42-43/h11-13,15-16,18,24-26H,3-10,14,17,19-20H2,1-2H3,(H,32,35,36)/b16-15+/t24-,25+,26+,43?/m0/s1. The number of nitrogens with one attached hydrogen (secondary N) is 1. The minimum Gasteiger partial charge on any atom is -0.459 e. The number of rotatable bonds is 15. The minimum absolute atomic E-state index is 0.0517. The molecule has 1 N–H and O–H groups in total. The Hall–Kier alpha value is -2.50. The second-order valence-corrected chi connectivity index (χ2v) is 13.0. The van der Waals surface area contributed by atoms with Crippen molar-refractivity contribution in [2.75, 3.05) is 6.61 Å². The molecule has 0 saturated carbocycles. The first-order chi connectivity index (χ1) is 20.7. The molecule has 1 unspecified atom stereocenters. The molecule has 43 heavy (non-hydrogen) atoms. The number of nitrogens with zero attached hydrogens (tertiary/aromatic N) is 1. The Balaban J connectivity index is 1.42. The molecule has 1 saturated heterocycles. The zero-order valence-corrected chi connectivity index (χ0v) is 27.1. The number of fused-ring (bicyclic) bond motifs is 1. The van der Waals surface area contributed by atoms with Gasteiger partial charge < -0.3 is 14.0 Å². The molecule has 0 amide bonds. The van der Waals surface area contributed by atoms with E-state index in [1.165, 1.54) is 47.5 Å². The zero-order chi connectivity index (χ0) is 30.8. The van der Waals surface area contributed by atoms with Crippen LogP contribution in [0.4, 0.5) is 0 Å². The molecule has 1 aromatic carbocycles. The highest BCUT2D eigenvalue weighted by molar-refractivity contribution is 9.11. The fourth-order valence-electron chi connectivity index (χ4n) is 5.15. The van der Waals surface area contributed by atoms with Crippen LogP contribution in [0.5, 0.6) is 5.75 Å². The van der Waals surface area contributed by atoms with Gasteiger partial charge in [-0.3, -0.25) is 28.2 Å². The van der Waals surface area contributed by atoms with E-state index in [4.69, 9.17) is 23.0 Å². The summed E-state index contributed by atoms with van der Waals surface area (Å²) in [5, 5.41) is 0. The molecule has 2 aliphatic heterocycles. The lowest BCUT2D eigenvalue weighted by Gasteiger charge is -2.27. The fraction of sp³-hybridized carbons (Fsp3) is 0.567. The summed E-state index contributed by atoms with van der Waals surface area (Å²) in [7, 11) is -4.00. The molecule has 236 valence electrons. The molecule has 2 aliphatic rings. The first kappa shape index (κ1) is 33.4. The zero-order valence-electron chi connectivity index (χ0n) is 24.6. The third-order valence-corrected chi connectivity index (χ3v) is 9.10. The van der Waals surface area contributed by atoms with E-state index in [2.05, 4.69) is 27.8 Å². The van der Waals surface area contributed by atoms with Crippen LogP contribution in [0.3, 0.4) is 0 Å². The molecule has 1 aromatic heterocycles. The van der Waals surface area contributed by atoms with Crippen molar-refractivity contribution in [1.29, 1.82) is 0 Å². The number of carbonyl (C=O) groups excluding carboxylic acids is 1. The number of phosphoric ester groups is 1. The predicted octanol–water partition coefficient (Wildman–Crippen LogP) is 6.67. The number of esters is 1. The van der Waals surface area contributed by atoms with Crippen LogP contribution in [0.1, 0.15) is 94.1 Å². The summed E-state index contributed by atoms with van der Waals surface area (Å²) < 4.78 is 43.3. The molecule has 0 bridgehead atoms. The van der Waals surface area contributed by atoms with E-state index in [1.807, 2.05) is 25.1 Å². The molecule has 0 radical (unpaired) electrons. The highest BCUT2D eigenvalue weighted by Gasteiger charge is 2.43. The van der Waals surface area contributed by atoms with E-state index in [0.29, 0.717) is 12.2 Å². The van der Waals surface area contributed by atoms with Crippen molar-refractivity contribution in [3.8, 4) is 5.75 Å². The van der Waals surface area contributed by atoms with Gasteiger partial charge in [-0.25, -0.2) is 9.36 Å². The molecule has 13 heteroatoms. The summed E-state index contributed by atoms with van der Waals surface area (Å²) in [6.07, 6.45) is 9.47. The number of benzene rings is 1. The van der Waals surface area contributed by atoms with Gasteiger partial charge in [0.15, 0.2) is 0 Å². The van der Waals surface area contributed by atoms with Gasteiger partial charge >= 0.3 is 19.5 Å². The van der Waals surface area contributed by atoms with E-state index in [-0.39, 0.29) is 37.6 Å². The van der Waals surface area contributed by atoms with E-state index in [0.717, 1.165) is 30.4 Å². The van der Waals surface area contributed by atoms with Crippen LogP contribution in [-0.2, 0) is 34.5 Å². The Labute approximate surface area is 259 Å². The van der Waals surface area contributed by atoms with Crippen molar-refractivity contribution in [1.82, 2.24) is 9.55 Å². The number of hydrogen-bond donors (Lipinski definition) is 1. The Bertz CT molecular complexity index is 1440. The van der Waals surface area contributed by atoms with E-state index >= 15 is 0 Å². The number of halogens is 1. The van der Waals surface area contributed by atoms with E-state index < -0.39 is 37.5 Å². The number of phosphoric acid groups is 1. The second kappa shape index (κ2) is 16.0. The molecule has 1 fully saturated rings. The number of aromatic nitrogens is 2. The quantitative estimate of drug-likeness (QED) is 0.124. The number of para-hydroxylation sites is 1. The average Bonchev–Trinajstić information content (AvgIpc) is 3.37. The van der Waals surface area contributed by atoms with Crippen LogP contribution in [-0.4, -0.2) is 34.3 Å². The summed E-state index contributed by atoms with van der Waals surface area (Å²) in [5.41, 5.74) is 0.547. The highest BCUT2D eigenvalue weighted by Crippen LogP contribution is 2.55. The number of aryl methyl sites for hydroxylation is 1. The van der Waals surface area contributed by atoms with Crippen molar-refractivity contribution in [2.24, 2.45) is 0 Å². The second-order valence-electron chi connectivity index (χ2n) is 10.8. The molecule has 2 aromatic rings. The lowest BCUT2D eigenvalue weighted by Crippen LogP contribution is -2.33. The van der Waals surface area contributed by atoms with Crippen LogP contribution in [0.2, 0.25) is 0 Å². The number of ether oxygens (including phenoxy) is 2. The topological polar surface area (TPSA) is 135 Å². The SMILES string of the molecule is CCCCCCCCCCC(=O)O[C@H]1C[C@H](n2cc(/C=C/Br)c(=O)[nH]c2=O)O[C@@H]1COP1(=O)OCc2cccc(C)c2O1. The maximum absolute atomic E-state index is 13.3. The van der Waals surface area contributed by atoms with Gasteiger partial charge in [-0.15, -0.1) is 0 Å². The maximum Gasteiger partial charge on any atom is 0.530 e. The molecular formula is C30H40BrN2O9P. The van der Waals surface area contributed by atoms with Gasteiger partial charge in [0.05, 0.1) is 18.8 Å². The number of aromatic amines is 1. The normalized spacial score (nSPS) is 23.3. The van der Waals surface area contributed by atoms with Gasteiger partial charge in [0.2, 0.25) is 0 Å². The van der Waals surface area contributed by atoms with Crippen LogP contribution in [0, 0.1) is 6.92 Å². The van der Waals surface area contributed by atoms with Gasteiger partial charge in [0, 0.05) is 24.6 Å². The van der Waals surface area contributed by atoms with Crippen molar-refractivity contribution in [3.05, 3.63) is 66.9 Å². The van der Waals surface area contributed by atoms with Crippen LogP contribution < -0.4 is 15.8 Å². The lowest BCUT2D eigenvalue weighted by molar-refractivity contribution is -0.153. The van der Waals surface area contributed by atoms with Gasteiger partial charge in [-0.2, -0.15) is 0 Å². The van der Waals surface area contributed by atoms with E-state index in [9.17, 15) is 18.9 Å². The van der Waals surface area contributed by atoms with Gasteiger partial charge in [-0.1, -0.05) is 86.0 Å². The number of carbonyl (C=O) groups is 1. The Kier molecular flexibility index (Phi) is 12.4. The molecule has 11 nitrogen and oxygen atoms in total. The summed E-state index contributed by atoms with van der Waals surface area (Å²) in [6, 6.07) is 5.51. The summed E-state index contributed by atoms with van der Waals surface area (Å²) in [4.78, 5) is 41.4. The van der Waals surface area contributed by atoms with Gasteiger partial charge in [0.1, 0.15) is 24.2 Å². The lowest BCUT2D eigenvalue weighted by atomic mass is 10.1.